The van der Waals surface area contributed by atoms with Gasteiger partial charge < -0.3 is 14.6 Å². The van der Waals surface area contributed by atoms with Crippen molar-refractivity contribution in [1.29, 1.82) is 0 Å². The van der Waals surface area contributed by atoms with Gasteiger partial charge in [-0.25, -0.2) is 4.79 Å². The summed E-state index contributed by atoms with van der Waals surface area (Å²) in [4.78, 5) is 37.2. The summed E-state index contributed by atoms with van der Waals surface area (Å²) in [6.07, 6.45) is 1.45. The Morgan fingerprint density at radius 2 is 1.93 bits per heavy atom. The Morgan fingerprint density at radius 1 is 1.19 bits per heavy atom. The third kappa shape index (κ3) is 3.71. The number of aryl methyl sites for hydroxylation is 1. The quantitative estimate of drug-likeness (QED) is 0.697. The summed E-state index contributed by atoms with van der Waals surface area (Å²) in [7, 11) is 1.71. The number of hydrogen-bond donors (Lipinski definition) is 1. The minimum absolute atomic E-state index is 0.0196. The van der Waals surface area contributed by atoms with Gasteiger partial charge in [0.25, 0.3) is 5.91 Å². The molecule has 1 N–H and O–H groups in total. The van der Waals surface area contributed by atoms with E-state index in [2.05, 4.69) is 5.32 Å². The Hall–Kier alpha value is -3.12. The van der Waals surface area contributed by atoms with Crippen LogP contribution in [0.2, 0.25) is 5.02 Å². The van der Waals surface area contributed by atoms with Crippen molar-refractivity contribution >= 4 is 40.1 Å². The molecule has 0 atom stereocenters. The fourth-order valence-electron chi connectivity index (χ4n) is 2.82. The van der Waals surface area contributed by atoms with Crippen LogP contribution in [-0.2, 0) is 11.8 Å². The summed E-state index contributed by atoms with van der Waals surface area (Å²) < 4.78 is 6.59. The lowest BCUT2D eigenvalue weighted by molar-refractivity contribution is 0.0526. The Balaban J connectivity index is 1.96. The number of carbonyl (C=O) groups excluding carboxylic acids is 2. The first-order chi connectivity index (χ1) is 12.9. The van der Waals surface area contributed by atoms with E-state index in [4.69, 9.17) is 16.3 Å². The summed E-state index contributed by atoms with van der Waals surface area (Å²) in [6.45, 7) is 1.97. The predicted molar refractivity (Wildman–Crippen MR) is 105 cm³/mol. The molecular formula is C20H17ClN2O4. The highest BCUT2D eigenvalue weighted by Gasteiger charge is 2.16. The third-order valence-corrected chi connectivity index (χ3v) is 4.33. The number of carbonyl (C=O) groups is 2. The maximum absolute atomic E-state index is 12.7. The van der Waals surface area contributed by atoms with Crippen LogP contribution in [0, 0.1) is 0 Å². The molecule has 0 aliphatic carbocycles. The summed E-state index contributed by atoms with van der Waals surface area (Å²) in [6, 6.07) is 11.3. The maximum atomic E-state index is 12.7. The number of nitrogens with zero attached hydrogens (tertiary/aromatic N) is 1. The highest BCUT2D eigenvalue weighted by Crippen LogP contribution is 2.21. The lowest BCUT2D eigenvalue weighted by Crippen LogP contribution is -2.23. The second-order valence-electron chi connectivity index (χ2n) is 5.87. The highest BCUT2D eigenvalue weighted by molar-refractivity contribution is 6.35. The molecule has 0 aliphatic rings. The van der Waals surface area contributed by atoms with Crippen molar-refractivity contribution in [3.8, 4) is 0 Å². The van der Waals surface area contributed by atoms with Gasteiger partial charge in [0.05, 0.1) is 22.7 Å². The molecule has 2 aromatic carbocycles. The number of benzene rings is 2. The fourth-order valence-corrected chi connectivity index (χ4v) is 3.13. The number of para-hydroxylation sites is 1. The summed E-state index contributed by atoms with van der Waals surface area (Å²) >= 11 is 6.16. The van der Waals surface area contributed by atoms with Gasteiger partial charge in [0.1, 0.15) is 5.56 Å². The molecule has 0 bridgehead atoms. The molecule has 138 valence electrons. The first kappa shape index (κ1) is 18.7. The fraction of sp³-hybridized carbons (Fsp3) is 0.150. The molecule has 0 fully saturated rings. The van der Waals surface area contributed by atoms with Crippen molar-refractivity contribution < 1.29 is 14.3 Å². The molecule has 1 amide bonds. The van der Waals surface area contributed by atoms with Gasteiger partial charge in [0.2, 0.25) is 5.43 Å². The number of fused-ring (bicyclic) bond motifs is 1. The number of rotatable bonds is 4. The molecule has 0 spiro atoms. The first-order valence-electron chi connectivity index (χ1n) is 8.28. The SMILES string of the molecule is CCOC(=O)c1cccc(NC(=O)c2cn(C)c3c(Cl)cccc3c2=O)c1. The van der Waals surface area contributed by atoms with Crippen LogP contribution in [0.5, 0.6) is 0 Å². The Kier molecular flexibility index (Phi) is 5.28. The molecule has 0 saturated carbocycles. The van der Waals surface area contributed by atoms with Crippen LogP contribution in [0.3, 0.4) is 0 Å². The van der Waals surface area contributed by atoms with Crippen molar-refractivity contribution in [3.05, 3.63) is 75.0 Å². The van der Waals surface area contributed by atoms with E-state index in [0.717, 1.165) is 0 Å². The van der Waals surface area contributed by atoms with Crippen molar-refractivity contribution in [2.45, 2.75) is 6.92 Å². The summed E-state index contributed by atoms with van der Waals surface area (Å²) in [5.41, 5.74) is 0.829. The summed E-state index contributed by atoms with van der Waals surface area (Å²) in [5, 5.41) is 3.44. The third-order valence-electron chi connectivity index (χ3n) is 4.03. The lowest BCUT2D eigenvalue weighted by Gasteiger charge is -2.11. The monoisotopic (exact) mass is 384 g/mol. The van der Waals surface area contributed by atoms with E-state index in [0.29, 0.717) is 27.2 Å². The molecule has 6 nitrogen and oxygen atoms in total. The number of amides is 1. The molecule has 3 rings (SSSR count). The molecule has 1 heterocycles. The number of esters is 1. The predicted octanol–water partition coefficient (Wildman–Crippen LogP) is 3.62. The smallest absolute Gasteiger partial charge is 0.338 e. The van der Waals surface area contributed by atoms with E-state index in [-0.39, 0.29) is 12.2 Å². The number of nitrogens with one attached hydrogen (secondary N) is 1. The molecular weight excluding hydrogens is 368 g/mol. The van der Waals surface area contributed by atoms with Gasteiger partial charge in [-0.15, -0.1) is 0 Å². The van der Waals surface area contributed by atoms with Crippen LogP contribution in [-0.4, -0.2) is 23.1 Å². The second-order valence-corrected chi connectivity index (χ2v) is 6.28. The molecule has 27 heavy (non-hydrogen) atoms. The van der Waals surface area contributed by atoms with Crippen LogP contribution >= 0.6 is 11.6 Å². The summed E-state index contributed by atoms with van der Waals surface area (Å²) in [5.74, 6) is -1.05. The number of hydrogen-bond acceptors (Lipinski definition) is 4. The lowest BCUT2D eigenvalue weighted by atomic mass is 10.1. The van der Waals surface area contributed by atoms with Gasteiger partial charge in [-0.05, 0) is 37.3 Å². The number of halogens is 1. The van der Waals surface area contributed by atoms with E-state index >= 15 is 0 Å². The zero-order valence-corrected chi connectivity index (χ0v) is 15.5. The van der Waals surface area contributed by atoms with E-state index < -0.39 is 17.3 Å². The average molecular weight is 385 g/mol. The van der Waals surface area contributed by atoms with E-state index in [1.54, 1.807) is 54.9 Å². The van der Waals surface area contributed by atoms with E-state index in [1.807, 2.05) is 0 Å². The molecule has 3 aromatic rings. The Bertz CT molecular complexity index is 1100. The van der Waals surface area contributed by atoms with Crippen LogP contribution in [0.1, 0.15) is 27.6 Å². The van der Waals surface area contributed by atoms with Gasteiger partial charge in [-0.1, -0.05) is 23.7 Å². The molecule has 0 radical (unpaired) electrons. The van der Waals surface area contributed by atoms with Gasteiger partial charge in [-0.3, -0.25) is 9.59 Å². The molecule has 1 aromatic heterocycles. The van der Waals surface area contributed by atoms with Crippen LogP contribution in [0.4, 0.5) is 5.69 Å². The second kappa shape index (κ2) is 7.63. The minimum Gasteiger partial charge on any atom is -0.462 e. The Morgan fingerprint density at radius 3 is 2.67 bits per heavy atom. The zero-order valence-electron chi connectivity index (χ0n) is 14.8. The zero-order chi connectivity index (χ0) is 19.6. The van der Waals surface area contributed by atoms with E-state index in [9.17, 15) is 14.4 Å². The van der Waals surface area contributed by atoms with E-state index in [1.165, 1.54) is 12.3 Å². The van der Waals surface area contributed by atoms with Crippen molar-refractivity contribution in [2.75, 3.05) is 11.9 Å². The number of ether oxygens (including phenoxy) is 1. The van der Waals surface area contributed by atoms with Crippen molar-refractivity contribution in [3.63, 3.8) is 0 Å². The number of pyridine rings is 1. The molecule has 0 saturated heterocycles. The van der Waals surface area contributed by atoms with Crippen LogP contribution < -0.4 is 10.7 Å². The minimum atomic E-state index is -0.571. The Labute approximate surface area is 160 Å². The first-order valence-corrected chi connectivity index (χ1v) is 8.66. The van der Waals surface area contributed by atoms with Gasteiger partial charge in [0, 0.05) is 24.3 Å². The van der Waals surface area contributed by atoms with Gasteiger partial charge in [0.15, 0.2) is 0 Å². The molecule has 0 aliphatic heterocycles. The normalized spacial score (nSPS) is 10.6. The largest absolute Gasteiger partial charge is 0.462 e. The number of anilines is 1. The molecule has 7 heteroatoms. The topological polar surface area (TPSA) is 77.4 Å². The van der Waals surface area contributed by atoms with Crippen molar-refractivity contribution in [1.82, 2.24) is 4.57 Å². The van der Waals surface area contributed by atoms with Crippen molar-refractivity contribution in [2.24, 2.45) is 7.05 Å². The van der Waals surface area contributed by atoms with Crippen LogP contribution in [0.25, 0.3) is 10.9 Å². The average Bonchev–Trinajstić information content (AvgIpc) is 2.65. The molecule has 0 unspecified atom stereocenters. The number of aromatic nitrogens is 1. The van der Waals surface area contributed by atoms with Crippen LogP contribution in [0.15, 0.2) is 53.5 Å². The van der Waals surface area contributed by atoms with Gasteiger partial charge >= 0.3 is 5.97 Å². The maximum Gasteiger partial charge on any atom is 0.338 e. The highest BCUT2D eigenvalue weighted by atomic mass is 35.5. The standard InChI is InChI=1S/C20H17ClN2O4/c1-3-27-20(26)12-6-4-7-13(10-12)22-19(25)15-11-23(2)17-14(18(15)24)8-5-9-16(17)21/h4-11H,3H2,1-2H3,(H,22,25). The van der Waals surface area contributed by atoms with Gasteiger partial charge in [-0.2, -0.15) is 0 Å².